The molecular formula is C6H7FN2OS. The topological polar surface area (TPSA) is 56.0 Å². The number of hydrogen-bond donors (Lipinski definition) is 1. The maximum absolute atomic E-state index is 12.4. The summed E-state index contributed by atoms with van der Waals surface area (Å²) in [7, 11) is 0. The quantitative estimate of drug-likeness (QED) is 0.723. The van der Waals surface area contributed by atoms with Gasteiger partial charge in [-0.1, -0.05) is 11.3 Å². The van der Waals surface area contributed by atoms with Crippen LogP contribution in [-0.4, -0.2) is 10.9 Å². The van der Waals surface area contributed by atoms with Crippen molar-refractivity contribution in [2.75, 3.05) is 0 Å². The molecule has 1 amide bonds. The summed E-state index contributed by atoms with van der Waals surface area (Å²) >= 11 is 0.846. The first-order chi connectivity index (χ1) is 5.11. The first kappa shape index (κ1) is 8.13. The zero-order chi connectivity index (χ0) is 8.43. The molecular weight excluding hydrogens is 167 g/mol. The molecule has 0 radical (unpaired) electrons. The average molecular weight is 174 g/mol. The van der Waals surface area contributed by atoms with Crippen LogP contribution in [0, 0.1) is 5.13 Å². The van der Waals surface area contributed by atoms with Gasteiger partial charge < -0.3 is 5.73 Å². The maximum Gasteiger partial charge on any atom is 0.227 e. The minimum atomic E-state index is -0.496. The second kappa shape index (κ2) is 2.96. The van der Waals surface area contributed by atoms with Crippen molar-refractivity contribution in [3.05, 3.63) is 16.3 Å². The normalized spacial score (nSPS) is 12.9. The number of nitrogens with two attached hydrogens (primary N) is 1. The highest BCUT2D eigenvalue weighted by Crippen LogP contribution is 2.19. The number of aromatic nitrogens is 1. The summed E-state index contributed by atoms with van der Waals surface area (Å²) in [5.41, 5.74) is 4.98. The number of nitrogens with zero attached hydrogens (tertiary/aromatic N) is 1. The summed E-state index contributed by atoms with van der Waals surface area (Å²) < 4.78 is 12.4. The van der Waals surface area contributed by atoms with E-state index in [0.29, 0.717) is 5.01 Å². The number of halogens is 1. The molecule has 0 spiro atoms. The average Bonchev–Trinajstić information content (AvgIpc) is 2.34. The minimum absolute atomic E-state index is 0.395. The van der Waals surface area contributed by atoms with Gasteiger partial charge in [0.05, 0.1) is 12.1 Å². The standard InChI is InChI=1S/C6H7FN2OS/c1-3(5(8)10)6-9-2-4(7)11-6/h2-3H,1H3,(H2,8,10). The highest BCUT2D eigenvalue weighted by atomic mass is 32.1. The van der Waals surface area contributed by atoms with E-state index < -0.39 is 17.0 Å². The molecule has 0 bridgehead atoms. The summed E-state index contributed by atoms with van der Waals surface area (Å²) in [5.74, 6) is -0.983. The first-order valence-corrected chi connectivity index (χ1v) is 3.83. The summed E-state index contributed by atoms with van der Waals surface area (Å²) in [4.78, 5) is 14.3. The van der Waals surface area contributed by atoms with Crippen LogP contribution in [0.2, 0.25) is 0 Å². The maximum atomic E-state index is 12.4. The number of thiazole rings is 1. The molecule has 0 aliphatic rings. The van der Waals surface area contributed by atoms with Crippen LogP contribution in [0.1, 0.15) is 17.8 Å². The SMILES string of the molecule is CC(C(N)=O)c1ncc(F)s1. The van der Waals surface area contributed by atoms with E-state index in [2.05, 4.69) is 4.98 Å². The van der Waals surface area contributed by atoms with Crippen LogP contribution in [0.4, 0.5) is 4.39 Å². The van der Waals surface area contributed by atoms with E-state index in [9.17, 15) is 9.18 Å². The van der Waals surface area contributed by atoms with Crippen LogP contribution >= 0.6 is 11.3 Å². The van der Waals surface area contributed by atoms with Gasteiger partial charge in [-0.15, -0.1) is 0 Å². The Morgan fingerprint density at radius 1 is 1.91 bits per heavy atom. The third kappa shape index (κ3) is 1.74. The van der Waals surface area contributed by atoms with Crippen molar-refractivity contribution in [1.29, 1.82) is 0 Å². The monoisotopic (exact) mass is 174 g/mol. The number of rotatable bonds is 2. The van der Waals surface area contributed by atoms with Crippen LogP contribution in [0.3, 0.4) is 0 Å². The third-order valence-corrected chi connectivity index (χ3v) is 2.26. The fourth-order valence-corrected chi connectivity index (χ4v) is 1.29. The third-order valence-electron chi connectivity index (χ3n) is 1.29. The van der Waals surface area contributed by atoms with Crippen molar-refractivity contribution < 1.29 is 9.18 Å². The molecule has 60 valence electrons. The Kier molecular flexibility index (Phi) is 2.19. The Balaban J connectivity index is 2.84. The summed E-state index contributed by atoms with van der Waals surface area (Å²) in [6.07, 6.45) is 1.08. The van der Waals surface area contributed by atoms with Crippen LogP contribution in [0.5, 0.6) is 0 Å². The van der Waals surface area contributed by atoms with Crippen LogP contribution < -0.4 is 5.73 Å². The zero-order valence-corrected chi connectivity index (χ0v) is 6.69. The lowest BCUT2D eigenvalue weighted by Gasteiger charge is -1.99. The molecule has 0 aliphatic carbocycles. The molecule has 1 aromatic rings. The smallest absolute Gasteiger partial charge is 0.227 e. The molecule has 1 unspecified atom stereocenters. The second-order valence-corrected chi connectivity index (χ2v) is 3.14. The molecule has 2 N–H and O–H groups in total. The first-order valence-electron chi connectivity index (χ1n) is 3.02. The lowest BCUT2D eigenvalue weighted by molar-refractivity contribution is -0.119. The van der Waals surface area contributed by atoms with Gasteiger partial charge in [0.25, 0.3) is 0 Å². The lowest BCUT2D eigenvalue weighted by Crippen LogP contribution is -2.18. The predicted octanol–water partition coefficient (Wildman–Crippen LogP) is 0.871. The molecule has 5 heteroatoms. The number of hydrogen-bond acceptors (Lipinski definition) is 3. The molecule has 1 rings (SSSR count). The lowest BCUT2D eigenvalue weighted by atomic mass is 10.2. The van der Waals surface area contributed by atoms with Crippen molar-refractivity contribution >= 4 is 17.2 Å². The molecule has 11 heavy (non-hydrogen) atoms. The van der Waals surface area contributed by atoms with E-state index in [4.69, 9.17) is 5.73 Å². The van der Waals surface area contributed by atoms with Gasteiger partial charge in [0.1, 0.15) is 5.01 Å². The molecule has 1 atom stereocenters. The summed E-state index contributed by atoms with van der Waals surface area (Å²) in [5, 5.41) is 0.0306. The number of primary amides is 1. The Morgan fingerprint density at radius 3 is 2.91 bits per heavy atom. The van der Waals surface area contributed by atoms with Gasteiger partial charge in [-0.05, 0) is 6.92 Å². The molecule has 0 aliphatic heterocycles. The van der Waals surface area contributed by atoms with Crippen LogP contribution in [0.15, 0.2) is 6.20 Å². The zero-order valence-electron chi connectivity index (χ0n) is 5.87. The Morgan fingerprint density at radius 2 is 2.55 bits per heavy atom. The van der Waals surface area contributed by atoms with E-state index in [1.807, 2.05) is 0 Å². The largest absolute Gasteiger partial charge is 0.369 e. The fraction of sp³-hybridized carbons (Fsp3) is 0.333. The molecule has 1 aromatic heterocycles. The molecule has 0 aromatic carbocycles. The van der Waals surface area contributed by atoms with E-state index in [0.717, 1.165) is 17.5 Å². The van der Waals surface area contributed by atoms with E-state index >= 15 is 0 Å². The molecule has 0 saturated heterocycles. The van der Waals surface area contributed by atoms with Crippen LogP contribution in [0.25, 0.3) is 0 Å². The number of amides is 1. The van der Waals surface area contributed by atoms with Gasteiger partial charge >= 0.3 is 0 Å². The van der Waals surface area contributed by atoms with Crippen molar-refractivity contribution in [2.24, 2.45) is 5.73 Å². The fourth-order valence-electron chi connectivity index (χ4n) is 0.589. The number of carbonyl (C=O) groups excluding carboxylic acids is 1. The summed E-state index contributed by atoms with van der Waals surface area (Å²) in [6.45, 7) is 1.60. The van der Waals surface area contributed by atoms with Gasteiger partial charge in [-0.2, -0.15) is 4.39 Å². The molecule has 0 fully saturated rings. The summed E-state index contributed by atoms with van der Waals surface area (Å²) in [6, 6.07) is 0. The highest BCUT2D eigenvalue weighted by Gasteiger charge is 2.15. The predicted molar refractivity (Wildman–Crippen MR) is 39.7 cm³/mol. The Bertz CT molecular complexity index is 273. The van der Waals surface area contributed by atoms with Crippen molar-refractivity contribution in [2.45, 2.75) is 12.8 Å². The van der Waals surface area contributed by atoms with Crippen molar-refractivity contribution in [3.8, 4) is 0 Å². The van der Waals surface area contributed by atoms with E-state index in [1.165, 1.54) is 0 Å². The van der Waals surface area contributed by atoms with Crippen molar-refractivity contribution in [1.82, 2.24) is 4.98 Å². The van der Waals surface area contributed by atoms with E-state index in [1.54, 1.807) is 6.92 Å². The molecule has 1 heterocycles. The van der Waals surface area contributed by atoms with E-state index in [-0.39, 0.29) is 0 Å². The molecule has 3 nitrogen and oxygen atoms in total. The van der Waals surface area contributed by atoms with Gasteiger partial charge in [0.2, 0.25) is 5.91 Å². The number of carbonyl (C=O) groups is 1. The Hall–Kier alpha value is -0.970. The highest BCUT2D eigenvalue weighted by molar-refractivity contribution is 7.10. The van der Waals surface area contributed by atoms with Gasteiger partial charge in [0.15, 0.2) is 5.13 Å². The van der Waals surface area contributed by atoms with Crippen LogP contribution in [-0.2, 0) is 4.79 Å². The Labute approximate surface area is 67.1 Å². The van der Waals surface area contributed by atoms with Gasteiger partial charge in [0, 0.05) is 0 Å². The van der Waals surface area contributed by atoms with Crippen molar-refractivity contribution in [3.63, 3.8) is 0 Å². The van der Waals surface area contributed by atoms with Gasteiger partial charge in [-0.25, -0.2) is 4.98 Å². The molecule has 0 saturated carbocycles. The minimum Gasteiger partial charge on any atom is -0.369 e. The van der Waals surface area contributed by atoms with Gasteiger partial charge in [-0.3, -0.25) is 4.79 Å². The second-order valence-electron chi connectivity index (χ2n) is 2.13.